The largest absolute Gasteiger partial charge is 0.356 e. The quantitative estimate of drug-likeness (QED) is 0.228. The van der Waals surface area contributed by atoms with Crippen LogP contribution in [0.25, 0.3) is 0 Å². The van der Waals surface area contributed by atoms with Crippen LogP contribution in [0.3, 0.4) is 0 Å². The van der Waals surface area contributed by atoms with Gasteiger partial charge in [0, 0.05) is 31.7 Å². The third-order valence-electron chi connectivity index (χ3n) is 4.09. The molecule has 1 heterocycles. The maximum atomic E-state index is 4.78. The van der Waals surface area contributed by atoms with Crippen molar-refractivity contribution in [2.24, 2.45) is 12.0 Å². The zero-order valence-corrected chi connectivity index (χ0v) is 21.0. The second kappa shape index (κ2) is 12.6. The van der Waals surface area contributed by atoms with Gasteiger partial charge in [-0.1, -0.05) is 34.1 Å². The third-order valence-corrected chi connectivity index (χ3v) is 5.56. The Morgan fingerprint density at radius 3 is 2.70 bits per heavy atom. The highest BCUT2D eigenvalue weighted by Gasteiger charge is 2.10. The lowest BCUT2D eigenvalue weighted by atomic mass is 10.2. The summed E-state index contributed by atoms with van der Waals surface area (Å²) in [7, 11) is 4.03. The predicted octanol–water partition coefficient (Wildman–Crippen LogP) is 3.83. The van der Waals surface area contributed by atoms with Crippen LogP contribution < -0.4 is 5.32 Å². The van der Waals surface area contributed by atoms with E-state index in [-0.39, 0.29) is 24.0 Å². The Hall–Kier alpha value is -0.810. The number of hydrogen-bond donors (Lipinski definition) is 1. The molecule has 0 radical (unpaired) electrons. The molecule has 27 heavy (non-hydrogen) atoms. The normalized spacial score (nSPS) is 11.2. The summed E-state index contributed by atoms with van der Waals surface area (Å²) in [4.78, 5) is 6.92. The molecule has 0 spiro atoms. The Bertz CT molecular complexity index is 736. The number of hydrogen-bond acceptors (Lipinski definition) is 4. The Labute approximate surface area is 191 Å². The Kier molecular flexibility index (Phi) is 11.3. The molecule has 2 aromatic rings. The highest BCUT2D eigenvalue weighted by molar-refractivity contribution is 14.0. The monoisotopic (exact) mass is 566 g/mol. The molecule has 0 saturated heterocycles. The number of thioether (sulfide) groups is 1. The van der Waals surface area contributed by atoms with E-state index in [0.717, 1.165) is 47.3 Å². The van der Waals surface area contributed by atoms with Crippen LogP contribution in [0.2, 0.25) is 0 Å². The van der Waals surface area contributed by atoms with E-state index in [4.69, 9.17) is 4.99 Å². The van der Waals surface area contributed by atoms with Crippen molar-refractivity contribution in [1.82, 2.24) is 25.0 Å². The van der Waals surface area contributed by atoms with Crippen molar-refractivity contribution in [2.45, 2.75) is 26.4 Å². The van der Waals surface area contributed by atoms with Gasteiger partial charge in [0.25, 0.3) is 0 Å². The lowest BCUT2D eigenvalue weighted by Gasteiger charge is -2.23. The van der Waals surface area contributed by atoms with E-state index in [1.54, 1.807) is 0 Å². The first-order chi connectivity index (χ1) is 12.5. The number of nitrogens with zero attached hydrogens (tertiary/aromatic N) is 5. The van der Waals surface area contributed by atoms with Crippen LogP contribution >= 0.6 is 51.7 Å². The molecule has 1 aromatic heterocycles. The molecule has 0 aliphatic heterocycles. The van der Waals surface area contributed by atoms with Gasteiger partial charge in [-0.25, -0.2) is 4.99 Å². The first kappa shape index (κ1) is 24.2. The fourth-order valence-corrected chi connectivity index (χ4v) is 3.26. The maximum absolute atomic E-state index is 4.78. The molecule has 0 unspecified atom stereocenters. The van der Waals surface area contributed by atoms with Crippen LogP contribution in [0.15, 0.2) is 33.7 Å². The van der Waals surface area contributed by atoms with Crippen molar-refractivity contribution in [2.75, 3.05) is 25.6 Å². The molecule has 6 nitrogen and oxygen atoms in total. The van der Waals surface area contributed by atoms with Crippen LogP contribution in [0, 0.1) is 6.92 Å². The number of halogens is 2. The molecule has 1 aromatic carbocycles. The van der Waals surface area contributed by atoms with Gasteiger partial charge in [-0.05, 0) is 37.0 Å². The summed E-state index contributed by atoms with van der Waals surface area (Å²) in [5.41, 5.74) is 1.23. The number of aliphatic imine (C=N–C) groups is 1. The molecule has 0 amide bonds. The summed E-state index contributed by atoms with van der Waals surface area (Å²) >= 11 is 5.48. The first-order valence-electron chi connectivity index (χ1n) is 8.59. The summed E-state index contributed by atoms with van der Waals surface area (Å²) in [6.45, 7) is 4.12. The van der Waals surface area contributed by atoms with E-state index in [1.165, 1.54) is 5.56 Å². The van der Waals surface area contributed by atoms with Crippen molar-refractivity contribution < 1.29 is 0 Å². The van der Waals surface area contributed by atoms with Crippen molar-refractivity contribution >= 4 is 57.6 Å². The van der Waals surface area contributed by atoms with E-state index < -0.39 is 0 Å². The number of nitrogens with one attached hydrogen (secondary N) is 1. The molecule has 2 rings (SSSR count). The second-order valence-corrected chi connectivity index (χ2v) is 7.92. The summed E-state index contributed by atoms with van der Waals surface area (Å²) in [5, 5.41) is 11.8. The predicted molar refractivity (Wildman–Crippen MR) is 129 cm³/mol. The molecular formula is C18H28BrIN6S. The minimum absolute atomic E-state index is 0. The molecule has 0 fully saturated rings. The lowest BCUT2D eigenvalue weighted by molar-refractivity contribution is 0.473. The van der Waals surface area contributed by atoms with Crippen molar-refractivity contribution in [3.05, 3.63) is 46.0 Å². The molecule has 0 bridgehead atoms. The van der Waals surface area contributed by atoms with E-state index in [1.807, 2.05) is 36.4 Å². The lowest BCUT2D eigenvalue weighted by Crippen LogP contribution is -2.39. The zero-order valence-electron chi connectivity index (χ0n) is 16.3. The topological polar surface area (TPSA) is 58.3 Å². The van der Waals surface area contributed by atoms with Gasteiger partial charge < -0.3 is 14.8 Å². The van der Waals surface area contributed by atoms with E-state index in [2.05, 4.69) is 67.8 Å². The fraction of sp³-hybridized carbons (Fsp3) is 0.500. The minimum Gasteiger partial charge on any atom is -0.356 e. The average molecular weight is 567 g/mol. The SMILES string of the molecule is CSCCCNC(=NCc1nnc(C)n1C)N(C)Cc1ccccc1Br.I. The smallest absolute Gasteiger partial charge is 0.194 e. The summed E-state index contributed by atoms with van der Waals surface area (Å²) in [6, 6.07) is 8.27. The van der Waals surface area contributed by atoms with Gasteiger partial charge in [0.2, 0.25) is 0 Å². The molecule has 0 aliphatic carbocycles. The van der Waals surface area contributed by atoms with Crippen LogP contribution in [-0.4, -0.2) is 51.2 Å². The molecule has 0 aliphatic rings. The highest BCUT2D eigenvalue weighted by Crippen LogP contribution is 2.17. The zero-order chi connectivity index (χ0) is 18.9. The van der Waals surface area contributed by atoms with Gasteiger partial charge in [-0.3, -0.25) is 0 Å². The second-order valence-electron chi connectivity index (χ2n) is 6.08. The highest BCUT2D eigenvalue weighted by atomic mass is 127. The Morgan fingerprint density at radius 2 is 2.07 bits per heavy atom. The standard InChI is InChI=1S/C18H27BrN6S.HI/c1-14-22-23-17(25(14)3)12-21-18(20-10-7-11-26-4)24(2)13-15-8-5-6-9-16(15)19;/h5-6,8-9H,7,10-13H2,1-4H3,(H,20,21);1H. The number of benzene rings is 1. The third kappa shape index (κ3) is 7.61. The first-order valence-corrected chi connectivity index (χ1v) is 10.8. The summed E-state index contributed by atoms with van der Waals surface area (Å²) in [5.74, 6) is 3.77. The van der Waals surface area contributed by atoms with E-state index in [9.17, 15) is 0 Å². The molecule has 0 atom stereocenters. The molecule has 9 heteroatoms. The Morgan fingerprint density at radius 1 is 1.33 bits per heavy atom. The number of rotatable bonds is 8. The van der Waals surface area contributed by atoms with E-state index in [0.29, 0.717) is 6.54 Å². The average Bonchev–Trinajstić information content (AvgIpc) is 2.95. The summed E-state index contributed by atoms with van der Waals surface area (Å²) in [6.07, 6.45) is 3.23. The van der Waals surface area contributed by atoms with Gasteiger partial charge >= 0.3 is 0 Å². The van der Waals surface area contributed by atoms with Gasteiger partial charge in [0.05, 0.1) is 0 Å². The van der Waals surface area contributed by atoms with Crippen LogP contribution in [0.1, 0.15) is 23.6 Å². The van der Waals surface area contributed by atoms with Crippen LogP contribution in [0.5, 0.6) is 0 Å². The molecule has 1 N–H and O–H groups in total. The molecule has 150 valence electrons. The van der Waals surface area contributed by atoms with Crippen LogP contribution in [0.4, 0.5) is 0 Å². The fourth-order valence-electron chi connectivity index (χ4n) is 2.42. The number of aromatic nitrogens is 3. The van der Waals surface area contributed by atoms with Gasteiger partial charge in [0.1, 0.15) is 12.4 Å². The van der Waals surface area contributed by atoms with Gasteiger partial charge in [-0.2, -0.15) is 11.8 Å². The van der Waals surface area contributed by atoms with E-state index >= 15 is 0 Å². The maximum Gasteiger partial charge on any atom is 0.194 e. The molecule has 0 saturated carbocycles. The van der Waals surface area contributed by atoms with Crippen LogP contribution in [-0.2, 0) is 20.1 Å². The van der Waals surface area contributed by atoms with Crippen molar-refractivity contribution in [3.63, 3.8) is 0 Å². The van der Waals surface area contributed by atoms with Gasteiger partial charge in [-0.15, -0.1) is 34.2 Å². The van der Waals surface area contributed by atoms with Crippen molar-refractivity contribution in [3.8, 4) is 0 Å². The number of aryl methyl sites for hydroxylation is 1. The summed E-state index contributed by atoms with van der Waals surface area (Å²) < 4.78 is 3.08. The van der Waals surface area contributed by atoms with Gasteiger partial charge in [0.15, 0.2) is 11.8 Å². The minimum atomic E-state index is 0. The number of guanidine groups is 1. The van der Waals surface area contributed by atoms with Crippen molar-refractivity contribution in [1.29, 1.82) is 0 Å². The Balaban J connectivity index is 0.00000364. The molecular weight excluding hydrogens is 539 g/mol.